The van der Waals surface area contributed by atoms with Crippen molar-refractivity contribution in [3.63, 3.8) is 0 Å². The summed E-state index contributed by atoms with van der Waals surface area (Å²) in [6.07, 6.45) is 0. The van der Waals surface area contributed by atoms with E-state index in [1.807, 2.05) is 0 Å². The van der Waals surface area contributed by atoms with Gasteiger partial charge in [-0.2, -0.15) is 0 Å². The number of carbonyl (C=O) groups is 2. The third kappa shape index (κ3) is 2.69. The molecule has 0 aliphatic heterocycles. The molecule has 0 saturated carbocycles. The molecule has 2 rings (SSSR count). The molecule has 19 heavy (non-hydrogen) atoms. The van der Waals surface area contributed by atoms with Crippen LogP contribution in [-0.4, -0.2) is 18.4 Å². The fraction of sp³-hybridized carbons (Fsp3) is 0.154. The minimum absolute atomic E-state index is 0.225. The van der Waals surface area contributed by atoms with Crippen molar-refractivity contribution in [1.29, 1.82) is 0 Å². The number of rotatable bonds is 2. The van der Waals surface area contributed by atoms with Crippen LogP contribution >= 0.6 is 0 Å². The maximum absolute atomic E-state index is 11.7. The SMILES string of the molecule is Cc1cc(=O)oc2cc(C(=O)NC(=O)CN)ccc12. The monoisotopic (exact) mass is 260 g/mol. The standard InChI is InChI=1S/C13H12N2O4/c1-7-4-12(17)19-10-5-8(2-3-9(7)10)13(18)15-11(16)6-14/h2-5H,6,14H2,1H3,(H,15,16,18). The molecule has 0 atom stereocenters. The fourth-order valence-electron chi connectivity index (χ4n) is 1.72. The van der Waals surface area contributed by atoms with E-state index in [0.717, 1.165) is 10.9 Å². The van der Waals surface area contributed by atoms with Crippen LogP contribution in [0.5, 0.6) is 0 Å². The molecule has 1 aromatic carbocycles. The number of nitrogens with two attached hydrogens (primary N) is 1. The lowest BCUT2D eigenvalue weighted by Gasteiger charge is -2.04. The van der Waals surface area contributed by atoms with E-state index >= 15 is 0 Å². The summed E-state index contributed by atoms with van der Waals surface area (Å²) in [6, 6.07) is 6.01. The Bertz CT molecular complexity index is 718. The highest BCUT2D eigenvalue weighted by molar-refractivity contribution is 6.06. The van der Waals surface area contributed by atoms with Gasteiger partial charge in [0.25, 0.3) is 5.91 Å². The third-order valence-corrected chi connectivity index (χ3v) is 2.65. The Hall–Kier alpha value is -2.47. The van der Waals surface area contributed by atoms with Crippen LogP contribution in [0.4, 0.5) is 0 Å². The van der Waals surface area contributed by atoms with E-state index < -0.39 is 17.4 Å². The molecular weight excluding hydrogens is 248 g/mol. The lowest BCUT2D eigenvalue weighted by Crippen LogP contribution is -2.35. The van der Waals surface area contributed by atoms with Crippen molar-refractivity contribution in [3.8, 4) is 0 Å². The number of aryl methyl sites for hydroxylation is 1. The number of nitrogens with one attached hydrogen (secondary N) is 1. The van der Waals surface area contributed by atoms with Crippen molar-refractivity contribution in [2.24, 2.45) is 5.73 Å². The molecule has 0 radical (unpaired) electrons. The number of hydrogen-bond donors (Lipinski definition) is 2. The number of imide groups is 1. The number of amides is 2. The van der Waals surface area contributed by atoms with Gasteiger partial charge in [-0.25, -0.2) is 4.79 Å². The van der Waals surface area contributed by atoms with Crippen LogP contribution < -0.4 is 16.7 Å². The van der Waals surface area contributed by atoms with Crippen molar-refractivity contribution < 1.29 is 14.0 Å². The molecular formula is C13H12N2O4. The van der Waals surface area contributed by atoms with Crippen LogP contribution in [0.3, 0.4) is 0 Å². The van der Waals surface area contributed by atoms with E-state index in [1.165, 1.54) is 12.1 Å². The fourth-order valence-corrected chi connectivity index (χ4v) is 1.72. The minimum atomic E-state index is -0.582. The number of benzene rings is 1. The molecule has 0 aliphatic rings. The highest BCUT2D eigenvalue weighted by Gasteiger charge is 2.11. The molecule has 6 nitrogen and oxygen atoms in total. The van der Waals surface area contributed by atoms with E-state index in [0.29, 0.717) is 5.58 Å². The van der Waals surface area contributed by atoms with Crippen molar-refractivity contribution in [2.45, 2.75) is 6.92 Å². The van der Waals surface area contributed by atoms with E-state index in [1.54, 1.807) is 19.1 Å². The summed E-state index contributed by atoms with van der Waals surface area (Å²) in [7, 11) is 0. The van der Waals surface area contributed by atoms with Crippen LogP contribution in [0.1, 0.15) is 15.9 Å². The Kier molecular flexibility index (Phi) is 3.43. The summed E-state index contributed by atoms with van der Waals surface area (Å²) in [6.45, 7) is 1.50. The lowest BCUT2D eigenvalue weighted by molar-refractivity contribution is -0.118. The minimum Gasteiger partial charge on any atom is -0.423 e. The summed E-state index contributed by atoms with van der Waals surface area (Å²) >= 11 is 0. The summed E-state index contributed by atoms with van der Waals surface area (Å²) in [5.74, 6) is -1.16. The second-order valence-corrected chi connectivity index (χ2v) is 4.04. The van der Waals surface area contributed by atoms with Gasteiger partial charge in [-0.05, 0) is 24.6 Å². The average molecular weight is 260 g/mol. The predicted molar refractivity (Wildman–Crippen MR) is 68.7 cm³/mol. The van der Waals surface area contributed by atoms with Crippen LogP contribution in [0.15, 0.2) is 33.5 Å². The zero-order chi connectivity index (χ0) is 14.0. The molecule has 0 bridgehead atoms. The molecule has 98 valence electrons. The van der Waals surface area contributed by atoms with Crippen molar-refractivity contribution in [1.82, 2.24) is 5.32 Å². The summed E-state index contributed by atoms with van der Waals surface area (Å²) in [4.78, 5) is 34.0. The second kappa shape index (κ2) is 5.03. The first-order valence-corrected chi connectivity index (χ1v) is 5.60. The van der Waals surface area contributed by atoms with Gasteiger partial charge in [0, 0.05) is 17.0 Å². The van der Waals surface area contributed by atoms with Gasteiger partial charge < -0.3 is 10.2 Å². The quantitative estimate of drug-likeness (QED) is 0.757. The zero-order valence-electron chi connectivity index (χ0n) is 10.2. The molecule has 6 heteroatoms. The van der Waals surface area contributed by atoms with E-state index in [2.05, 4.69) is 5.32 Å². The Balaban J connectivity index is 2.44. The molecule has 3 N–H and O–H groups in total. The Labute approximate surface area is 108 Å². The Morgan fingerprint density at radius 1 is 1.32 bits per heavy atom. The first-order valence-electron chi connectivity index (χ1n) is 5.60. The van der Waals surface area contributed by atoms with E-state index in [4.69, 9.17) is 10.2 Å². The predicted octanol–water partition coefficient (Wildman–Crippen LogP) is 0.317. The molecule has 0 saturated heterocycles. The van der Waals surface area contributed by atoms with Gasteiger partial charge in [-0.15, -0.1) is 0 Å². The molecule has 0 unspecified atom stereocenters. The van der Waals surface area contributed by atoms with Gasteiger partial charge in [-0.3, -0.25) is 14.9 Å². The maximum atomic E-state index is 11.7. The van der Waals surface area contributed by atoms with Gasteiger partial charge in [0.2, 0.25) is 5.91 Å². The summed E-state index contributed by atoms with van der Waals surface area (Å²) < 4.78 is 5.02. The van der Waals surface area contributed by atoms with Gasteiger partial charge in [0.1, 0.15) is 5.58 Å². The largest absolute Gasteiger partial charge is 0.423 e. The van der Waals surface area contributed by atoms with Gasteiger partial charge in [-0.1, -0.05) is 6.07 Å². The molecule has 0 fully saturated rings. The van der Waals surface area contributed by atoms with Crippen molar-refractivity contribution in [2.75, 3.05) is 6.54 Å². The lowest BCUT2D eigenvalue weighted by atomic mass is 10.1. The molecule has 0 spiro atoms. The second-order valence-electron chi connectivity index (χ2n) is 4.04. The number of carbonyl (C=O) groups excluding carboxylic acids is 2. The van der Waals surface area contributed by atoms with Gasteiger partial charge in [0.15, 0.2) is 0 Å². The third-order valence-electron chi connectivity index (χ3n) is 2.65. The van der Waals surface area contributed by atoms with E-state index in [9.17, 15) is 14.4 Å². The first kappa shape index (κ1) is 13.0. The zero-order valence-corrected chi connectivity index (χ0v) is 10.2. The first-order chi connectivity index (χ1) is 9.01. The highest BCUT2D eigenvalue weighted by atomic mass is 16.4. The molecule has 1 aromatic heterocycles. The van der Waals surface area contributed by atoms with Crippen LogP contribution in [0, 0.1) is 6.92 Å². The molecule has 1 heterocycles. The van der Waals surface area contributed by atoms with Crippen molar-refractivity contribution >= 4 is 22.8 Å². The van der Waals surface area contributed by atoms with Gasteiger partial charge >= 0.3 is 5.63 Å². The van der Waals surface area contributed by atoms with Gasteiger partial charge in [0.05, 0.1) is 6.54 Å². The molecule has 0 aliphatic carbocycles. The van der Waals surface area contributed by atoms with E-state index in [-0.39, 0.29) is 12.1 Å². The maximum Gasteiger partial charge on any atom is 0.336 e. The number of fused-ring (bicyclic) bond motifs is 1. The molecule has 2 amide bonds. The van der Waals surface area contributed by atoms with Crippen LogP contribution in [0.25, 0.3) is 11.0 Å². The number of hydrogen-bond acceptors (Lipinski definition) is 5. The summed E-state index contributed by atoms with van der Waals surface area (Å²) in [5.41, 5.74) is 5.91. The topological polar surface area (TPSA) is 102 Å². The Morgan fingerprint density at radius 2 is 2.05 bits per heavy atom. The van der Waals surface area contributed by atoms with Crippen molar-refractivity contribution in [3.05, 3.63) is 45.8 Å². The highest BCUT2D eigenvalue weighted by Crippen LogP contribution is 2.17. The van der Waals surface area contributed by atoms with Crippen LogP contribution in [0.2, 0.25) is 0 Å². The molecule has 2 aromatic rings. The normalized spacial score (nSPS) is 10.4. The Morgan fingerprint density at radius 3 is 2.74 bits per heavy atom. The smallest absolute Gasteiger partial charge is 0.336 e. The average Bonchev–Trinajstić information content (AvgIpc) is 2.37. The summed E-state index contributed by atoms with van der Waals surface area (Å²) in [5, 5.41) is 2.85. The van der Waals surface area contributed by atoms with Crippen LogP contribution in [-0.2, 0) is 4.79 Å².